The van der Waals surface area contributed by atoms with E-state index in [1.165, 1.54) is 4.31 Å². The van der Waals surface area contributed by atoms with Gasteiger partial charge in [-0.1, -0.05) is 13.8 Å². The van der Waals surface area contributed by atoms with Gasteiger partial charge in [0, 0.05) is 51.2 Å². The minimum Gasteiger partial charge on any atom is -0.380 e. The van der Waals surface area contributed by atoms with E-state index >= 15 is 0 Å². The summed E-state index contributed by atoms with van der Waals surface area (Å²) in [5.41, 5.74) is 0.966. The first-order valence-corrected chi connectivity index (χ1v) is 8.82. The molecule has 120 valence electrons. The van der Waals surface area contributed by atoms with E-state index < -0.39 is 10.0 Å². The van der Waals surface area contributed by atoms with Crippen LogP contribution in [0.3, 0.4) is 0 Å². The van der Waals surface area contributed by atoms with Gasteiger partial charge in [0.05, 0.1) is 6.61 Å². The third kappa shape index (κ3) is 4.06. The van der Waals surface area contributed by atoms with Gasteiger partial charge in [0.15, 0.2) is 0 Å². The van der Waals surface area contributed by atoms with Crippen LogP contribution in [0.5, 0.6) is 0 Å². The van der Waals surface area contributed by atoms with Crippen LogP contribution in [0.25, 0.3) is 0 Å². The van der Waals surface area contributed by atoms with Gasteiger partial charge >= 0.3 is 0 Å². The highest BCUT2D eigenvalue weighted by Gasteiger charge is 2.26. The van der Waals surface area contributed by atoms with Gasteiger partial charge in [-0.25, -0.2) is 8.42 Å². The molecule has 21 heavy (non-hydrogen) atoms. The Balaban J connectivity index is 2.17. The van der Waals surface area contributed by atoms with Gasteiger partial charge in [-0.15, -0.1) is 0 Å². The summed E-state index contributed by atoms with van der Waals surface area (Å²) >= 11 is 0. The second-order valence-electron chi connectivity index (χ2n) is 5.68. The average molecular weight is 315 g/mol. The molecule has 1 aromatic rings. The largest absolute Gasteiger partial charge is 0.380 e. The molecule has 1 saturated heterocycles. The maximum absolute atomic E-state index is 12.7. The molecule has 0 spiro atoms. The predicted molar refractivity (Wildman–Crippen MR) is 81.6 cm³/mol. The maximum Gasteiger partial charge on any atom is 0.244 e. The molecule has 1 aliphatic heterocycles. The molecule has 2 rings (SSSR count). The zero-order valence-corrected chi connectivity index (χ0v) is 13.8. The third-order valence-corrected chi connectivity index (χ3v) is 5.46. The maximum atomic E-state index is 12.7. The Morgan fingerprint density at radius 1 is 1.33 bits per heavy atom. The number of ether oxygens (including phenoxy) is 1. The van der Waals surface area contributed by atoms with Gasteiger partial charge < -0.3 is 14.6 Å². The van der Waals surface area contributed by atoms with E-state index in [0.717, 1.165) is 12.1 Å². The number of sulfonamides is 1. The lowest BCUT2D eigenvalue weighted by Crippen LogP contribution is -2.33. The molecule has 2 heterocycles. The van der Waals surface area contributed by atoms with Gasteiger partial charge in [0.1, 0.15) is 4.90 Å². The van der Waals surface area contributed by atoms with Crippen LogP contribution in [0.15, 0.2) is 17.2 Å². The van der Waals surface area contributed by atoms with Crippen LogP contribution in [-0.2, 0) is 28.4 Å². The highest BCUT2D eigenvalue weighted by molar-refractivity contribution is 7.89. The minimum atomic E-state index is -3.42. The molecule has 1 fully saturated rings. The number of aryl methyl sites for hydroxylation is 1. The summed E-state index contributed by atoms with van der Waals surface area (Å²) in [6.45, 7) is 6.84. The minimum absolute atomic E-state index is 0.364. The molecule has 0 unspecified atom stereocenters. The first-order valence-electron chi connectivity index (χ1n) is 7.38. The van der Waals surface area contributed by atoms with Crippen LogP contribution in [0.1, 0.15) is 26.0 Å². The number of rotatable bonds is 5. The third-order valence-electron chi connectivity index (χ3n) is 3.59. The molecule has 0 bridgehead atoms. The van der Waals surface area contributed by atoms with Crippen molar-refractivity contribution in [1.29, 1.82) is 0 Å². The van der Waals surface area contributed by atoms with Crippen LogP contribution < -0.4 is 5.32 Å². The lowest BCUT2D eigenvalue weighted by atomic mass is 10.3. The first-order chi connectivity index (χ1) is 9.91. The summed E-state index contributed by atoms with van der Waals surface area (Å²) in [5, 5.41) is 3.31. The number of hydrogen-bond donors (Lipinski definition) is 1. The van der Waals surface area contributed by atoms with Crippen LogP contribution in [-0.4, -0.2) is 49.6 Å². The van der Waals surface area contributed by atoms with E-state index in [-0.39, 0.29) is 0 Å². The standard InChI is InChI=1S/C14H25N3O3S/c1-12(2)15-10-13-9-14(11-16(13)3)21(18,19)17-5-4-7-20-8-6-17/h9,11-12,15H,4-8,10H2,1-3H3. The van der Waals surface area contributed by atoms with Crippen LogP contribution in [0.2, 0.25) is 0 Å². The smallest absolute Gasteiger partial charge is 0.244 e. The lowest BCUT2D eigenvalue weighted by molar-refractivity contribution is 0.148. The van der Waals surface area contributed by atoms with Crippen molar-refractivity contribution in [1.82, 2.24) is 14.2 Å². The van der Waals surface area contributed by atoms with E-state index in [1.807, 2.05) is 11.6 Å². The summed E-state index contributed by atoms with van der Waals surface area (Å²) in [6, 6.07) is 2.12. The van der Waals surface area contributed by atoms with E-state index in [0.29, 0.717) is 43.8 Å². The van der Waals surface area contributed by atoms with E-state index in [4.69, 9.17) is 4.74 Å². The molecule has 0 aliphatic carbocycles. The van der Waals surface area contributed by atoms with Gasteiger partial charge in [0.25, 0.3) is 0 Å². The van der Waals surface area contributed by atoms with Crippen LogP contribution in [0.4, 0.5) is 0 Å². The molecule has 0 atom stereocenters. The fourth-order valence-electron chi connectivity index (χ4n) is 2.32. The molecule has 0 saturated carbocycles. The molecule has 1 aliphatic rings. The average Bonchev–Trinajstić information content (AvgIpc) is 2.65. The van der Waals surface area contributed by atoms with Crippen molar-refractivity contribution in [2.24, 2.45) is 7.05 Å². The van der Waals surface area contributed by atoms with Gasteiger partial charge in [-0.2, -0.15) is 4.31 Å². The number of nitrogens with one attached hydrogen (secondary N) is 1. The van der Waals surface area contributed by atoms with Crippen molar-refractivity contribution in [2.45, 2.75) is 37.8 Å². The molecular formula is C14H25N3O3S. The normalized spacial score (nSPS) is 18.1. The van der Waals surface area contributed by atoms with Gasteiger partial charge in [0.2, 0.25) is 10.0 Å². The monoisotopic (exact) mass is 315 g/mol. The summed E-state index contributed by atoms with van der Waals surface area (Å²) in [4.78, 5) is 0.368. The fourth-order valence-corrected chi connectivity index (χ4v) is 3.87. The fraction of sp³-hybridized carbons (Fsp3) is 0.714. The summed E-state index contributed by atoms with van der Waals surface area (Å²) < 4.78 is 34.1. The molecule has 6 nitrogen and oxygen atoms in total. The Kier molecular flexibility index (Phi) is 5.43. The van der Waals surface area contributed by atoms with Gasteiger partial charge in [-0.05, 0) is 12.5 Å². The molecule has 7 heteroatoms. The second-order valence-corrected chi connectivity index (χ2v) is 7.62. The molecule has 0 radical (unpaired) electrons. The quantitative estimate of drug-likeness (QED) is 0.878. The number of nitrogens with zero attached hydrogens (tertiary/aromatic N) is 2. The van der Waals surface area contributed by atoms with Crippen molar-refractivity contribution >= 4 is 10.0 Å². The Morgan fingerprint density at radius 2 is 2.10 bits per heavy atom. The van der Waals surface area contributed by atoms with Gasteiger partial charge in [-0.3, -0.25) is 0 Å². The Morgan fingerprint density at radius 3 is 2.81 bits per heavy atom. The molecule has 0 amide bonds. The zero-order chi connectivity index (χ0) is 15.5. The highest BCUT2D eigenvalue weighted by atomic mass is 32.2. The molecule has 1 N–H and O–H groups in total. The van der Waals surface area contributed by atoms with Crippen molar-refractivity contribution in [3.63, 3.8) is 0 Å². The van der Waals surface area contributed by atoms with Crippen LogP contribution >= 0.6 is 0 Å². The SMILES string of the molecule is CC(C)NCc1cc(S(=O)(=O)N2CCCOCC2)cn1C. The second kappa shape index (κ2) is 6.91. The predicted octanol–water partition coefficient (Wildman–Crippen LogP) is 0.934. The Bertz CT molecular complexity index is 558. The number of hydrogen-bond acceptors (Lipinski definition) is 4. The summed E-state index contributed by atoms with van der Waals surface area (Å²) in [6.07, 6.45) is 2.44. The topological polar surface area (TPSA) is 63.6 Å². The van der Waals surface area contributed by atoms with Crippen LogP contribution in [0, 0.1) is 0 Å². The highest BCUT2D eigenvalue weighted by Crippen LogP contribution is 2.19. The molecule has 0 aromatic carbocycles. The zero-order valence-electron chi connectivity index (χ0n) is 13.0. The lowest BCUT2D eigenvalue weighted by Gasteiger charge is -2.18. The summed E-state index contributed by atoms with van der Waals surface area (Å²) in [7, 11) is -1.54. The molecular weight excluding hydrogens is 290 g/mol. The van der Waals surface area contributed by atoms with Crippen molar-refractivity contribution < 1.29 is 13.2 Å². The number of aromatic nitrogens is 1. The molecule has 1 aromatic heterocycles. The Labute approximate surface area is 127 Å². The van der Waals surface area contributed by atoms with E-state index in [1.54, 1.807) is 12.3 Å². The first kappa shape index (κ1) is 16.5. The van der Waals surface area contributed by atoms with E-state index in [9.17, 15) is 8.42 Å². The van der Waals surface area contributed by atoms with Crippen molar-refractivity contribution in [3.05, 3.63) is 18.0 Å². The van der Waals surface area contributed by atoms with Crippen molar-refractivity contribution in [3.8, 4) is 0 Å². The summed E-state index contributed by atoms with van der Waals surface area (Å²) in [5.74, 6) is 0. The Hall–Kier alpha value is -0.890. The van der Waals surface area contributed by atoms with Crippen molar-refractivity contribution in [2.75, 3.05) is 26.3 Å². The van der Waals surface area contributed by atoms with E-state index in [2.05, 4.69) is 19.2 Å².